The molecule has 0 fully saturated rings. The minimum Gasteiger partial charge on any atom is -0.350 e. The molecule has 3 rings (SSSR count). The molecule has 2 aromatic rings. The first-order valence-corrected chi connectivity index (χ1v) is 6.16. The number of fused-ring (bicyclic) bond motifs is 1. The van der Waals surface area contributed by atoms with E-state index in [-0.39, 0.29) is 5.91 Å². The van der Waals surface area contributed by atoms with Gasteiger partial charge in [-0.1, -0.05) is 36.4 Å². The van der Waals surface area contributed by atoms with Crippen LogP contribution >= 0.6 is 0 Å². The quantitative estimate of drug-likeness (QED) is 0.830. The summed E-state index contributed by atoms with van der Waals surface area (Å²) in [6.07, 6.45) is 1.87. The third-order valence-electron chi connectivity index (χ3n) is 3.20. The highest BCUT2D eigenvalue weighted by molar-refractivity contribution is 6.31. The lowest BCUT2D eigenvalue weighted by Gasteiger charge is -2.14. The Bertz CT molecular complexity index is 647. The van der Waals surface area contributed by atoms with Crippen LogP contribution in [0.5, 0.6) is 0 Å². The lowest BCUT2D eigenvalue weighted by atomic mass is 10.1. The Labute approximate surface area is 112 Å². The van der Waals surface area contributed by atoms with E-state index in [4.69, 9.17) is 0 Å². The number of para-hydroxylation sites is 2. The number of nitrogens with one attached hydrogen (secondary N) is 1. The number of nitrogens with zero attached hydrogens (tertiary/aromatic N) is 1. The van der Waals surface area contributed by atoms with E-state index >= 15 is 0 Å². The van der Waals surface area contributed by atoms with Gasteiger partial charge < -0.3 is 10.2 Å². The lowest BCUT2D eigenvalue weighted by molar-refractivity contribution is -0.110. The summed E-state index contributed by atoms with van der Waals surface area (Å²) in [6, 6.07) is 17.7. The molecular formula is C16H14N2O. The highest BCUT2D eigenvalue weighted by atomic mass is 16.2. The van der Waals surface area contributed by atoms with Crippen LogP contribution in [0.2, 0.25) is 0 Å². The molecule has 0 saturated heterocycles. The van der Waals surface area contributed by atoms with Crippen LogP contribution in [0.4, 0.5) is 11.4 Å². The van der Waals surface area contributed by atoms with Gasteiger partial charge in [0.1, 0.15) is 0 Å². The van der Waals surface area contributed by atoms with E-state index < -0.39 is 0 Å². The fraction of sp³-hybridized carbons (Fsp3) is 0.0625. The Morgan fingerprint density at radius 2 is 1.68 bits per heavy atom. The smallest absolute Gasteiger partial charge is 0.257 e. The summed E-state index contributed by atoms with van der Waals surface area (Å²) in [6.45, 7) is 0. The molecule has 2 aromatic carbocycles. The monoisotopic (exact) mass is 250 g/mol. The number of rotatable bonds is 2. The second kappa shape index (κ2) is 4.61. The molecule has 1 heterocycles. The van der Waals surface area contributed by atoms with Crippen molar-refractivity contribution >= 4 is 22.9 Å². The molecular weight excluding hydrogens is 236 g/mol. The van der Waals surface area contributed by atoms with Crippen molar-refractivity contribution in [3.63, 3.8) is 0 Å². The van der Waals surface area contributed by atoms with Gasteiger partial charge >= 0.3 is 0 Å². The van der Waals surface area contributed by atoms with Crippen molar-refractivity contribution in [3.8, 4) is 0 Å². The van der Waals surface area contributed by atoms with Crippen LogP contribution in [0.1, 0.15) is 5.56 Å². The Morgan fingerprint density at radius 1 is 1.00 bits per heavy atom. The molecule has 3 heteroatoms. The largest absolute Gasteiger partial charge is 0.350 e. The van der Waals surface area contributed by atoms with E-state index in [1.807, 2.05) is 72.7 Å². The molecule has 0 radical (unpaired) electrons. The van der Waals surface area contributed by atoms with Crippen molar-refractivity contribution in [2.24, 2.45) is 0 Å². The number of anilines is 2. The summed E-state index contributed by atoms with van der Waals surface area (Å²) in [7, 11) is 1.94. The molecule has 1 aliphatic heterocycles. The topological polar surface area (TPSA) is 32.3 Å². The van der Waals surface area contributed by atoms with Gasteiger partial charge in [-0.05, 0) is 18.2 Å². The van der Waals surface area contributed by atoms with Crippen LogP contribution < -0.4 is 10.2 Å². The maximum atomic E-state index is 12.0. The van der Waals surface area contributed by atoms with Crippen LogP contribution in [0.15, 0.2) is 60.8 Å². The van der Waals surface area contributed by atoms with Crippen molar-refractivity contribution in [1.82, 2.24) is 0 Å². The van der Waals surface area contributed by atoms with Crippen LogP contribution in [0, 0.1) is 0 Å². The van der Waals surface area contributed by atoms with Crippen molar-refractivity contribution in [1.29, 1.82) is 0 Å². The van der Waals surface area contributed by atoms with Gasteiger partial charge in [0.25, 0.3) is 5.91 Å². The van der Waals surface area contributed by atoms with Crippen LogP contribution in [-0.4, -0.2) is 13.0 Å². The minimum absolute atomic E-state index is 0.0519. The summed E-state index contributed by atoms with van der Waals surface area (Å²) < 4.78 is 0. The summed E-state index contributed by atoms with van der Waals surface area (Å²) in [4.78, 5) is 13.9. The molecule has 0 aromatic heterocycles. The molecule has 94 valence electrons. The number of carbonyl (C=O) groups excluding carboxylic acids is 1. The van der Waals surface area contributed by atoms with Crippen LogP contribution in [0.25, 0.3) is 5.57 Å². The molecule has 1 aliphatic rings. The van der Waals surface area contributed by atoms with E-state index in [2.05, 4.69) is 5.32 Å². The average Bonchev–Trinajstić information content (AvgIpc) is 2.76. The molecule has 0 aliphatic carbocycles. The summed E-state index contributed by atoms with van der Waals surface area (Å²) >= 11 is 0. The Hall–Kier alpha value is -2.55. The first-order valence-electron chi connectivity index (χ1n) is 6.16. The molecule has 0 unspecified atom stereocenters. The molecule has 1 N–H and O–H groups in total. The van der Waals surface area contributed by atoms with Gasteiger partial charge in [0.05, 0.1) is 5.57 Å². The Kier molecular flexibility index (Phi) is 2.80. The van der Waals surface area contributed by atoms with Crippen molar-refractivity contribution in [2.75, 3.05) is 17.3 Å². The number of hydrogen-bond acceptors (Lipinski definition) is 2. The fourth-order valence-corrected chi connectivity index (χ4v) is 2.20. The number of hydrogen-bond donors (Lipinski definition) is 1. The third kappa shape index (κ3) is 2.10. The van der Waals surface area contributed by atoms with Crippen molar-refractivity contribution in [3.05, 3.63) is 66.4 Å². The van der Waals surface area contributed by atoms with E-state index in [1.165, 1.54) is 0 Å². The molecule has 0 saturated carbocycles. The second-order valence-corrected chi connectivity index (χ2v) is 4.49. The molecule has 3 nitrogen and oxygen atoms in total. The zero-order chi connectivity index (χ0) is 13.2. The summed E-state index contributed by atoms with van der Waals surface area (Å²) in [5, 5.41) is 2.87. The SMILES string of the molecule is CN(/C=C1/C(=O)Nc2ccccc21)c1ccccc1. The average molecular weight is 250 g/mol. The van der Waals surface area contributed by atoms with Crippen molar-refractivity contribution < 1.29 is 4.79 Å². The number of carbonyl (C=O) groups is 1. The zero-order valence-electron chi connectivity index (χ0n) is 10.6. The molecule has 19 heavy (non-hydrogen) atoms. The van der Waals surface area contributed by atoms with Gasteiger partial charge in [-0.15, -0.1) is 0 Å². The number of amides is 1. The van der Waals surface area contributed by atoms with Crippen molar-refractivity contribution in [2.45, 2.75) is 0 Å². The maximum absolute atomic E-state index is 12.0. The molecule has 0 atom stereocenters. The standard InChI is InChI=1S/C16H14N2O/c1-18(12-7-3-2-4-8-12)11-14-13-9-5-6-10-15(13)17-16(14)19/h2-11H,1H3,(H,17,19)/b14-11+. The highest BCUT2D eigenvalue weighted by Gasteiger charge is 2.23. The summed E-state index contributed by atoms with van der Waals surface area (Å²) in [5.74, 6) is -0.0519. The predicted octanol–water partition coefficient (Wildman–Crippen LogP) is 3.12. The third-order valence-corrected chi connectivity index (χ3v) is 3.20. The first-order chi connectivity index (χ1) is 9.25. The zero-order valence-corrected chi connectivity index (χ0v) is 10.6. The lowest BCUT2D eigenvalue weighted by Crippen LogP contribution is -2.12. The fourth-order valence-electron chi connectivity index (χ4n) is 2.20. The molecule has 0 spiro atoms. The first kappa shape index (κ1) is 11.5. The van der Waals surface area contributed by atoms with E-state index in [1.54, 1.807) is 0 Å². The predicted molar refractivity (Wildman–Crippen MR) is 77.9 cm³/mol. The Morgan fingerprint density at radius 3 is 2.47 bits per heavy atom. The number of benzene rings is 2. The van der Waals surface area contributed by atoms with Gasteiger partial charge in [-0.3, -0.25) is 4.79 Å². The van der Waals surface area contributed by atoms with Gasteiger partial charge in [0, 0.05) is 30.2 Å². The highest BCUT2D eigenvalue weighted by Crippen LogP contribution is 2.31. The van der Waals surface area contributed by atoms with E-state index in [9.17, 15) is 4.79 Å². The van der Waals surface area contributed by atoms with Gasteiger partial charge in [-0.2, -0.15) is 0 Å². The van der Waals surface area contributed by atoms with Gasteiger partial charge in [0.2, 0.25) is 0 Å². The summed E-state index contributed by atoms with van der Waals surface area (Å²) in [5.41, 5.74) is 3.57. The van der Waals surface area contributed by atoms with Crippen LogP contribution in [0.3, 0.4) is 0 Å². The molecule has 0 bridgehead atoms. The van der Waals surface area contributed by atoms with E-state index in [0.717, 1.165) is 16.9 Å². The maximum Gasteiger partial charge on any atom is 0.257 e. The van der Waals surface area contributed by atoms with E-state index in [0.29, 0.717) is 5.57 Å². The molecule has 1 amide bonds. The van der Waals surface area contributed by atoms with Gasteiger partial charge in [0.15, 0.2) is 0 Å². The Balaban J connectivity index is 1.98. The normalized spacial score (nSPS) is 15.2. The second-order valence-electron chi connectivity index (χ2n) is 4.49. The van der Waals surface area contributed by atoms with Crippen LogP contribution in [-0.2, 0) is 4.79 Å². The minimum atomic E-state index is -0.0519. The van der Waals surface area contributed by atoms with Gasteiger partial charge in [-0.25, -0.2) is 0 Å².